The van der Waals surface area contributed by atoms with E-state index in [0.717, 1.165) is 70.5 Å². The molecule has 4 heterocycles. The number of aromatic nitrogens is 2. The van der Waals surface area contributed by atoms with E-state index in [2.05, 4.69) is 45.5 Å². The van der Waals surface area contributed by atoms with Gasteiger partial charge in [-0.3, -0.25) is 9.69 Å². The fourth-order valence-corrected chi connectivity index (χ4v) is 6.73. The fourth-order valence-electron chi connectivity index (χ4n) is 6.45. The van der Waals surface area contributed by atoms with Gasteiger partial charge in [-0.25, -0.2) is 4.39 Å². The SMILES string of the molecule is C=C(F)C(=O)N1CCN(c2nc(OCC3CCN3C3CC3)nc3c2CCN(c2cccc4cccc(Cl)c24)C3)CC1.CC#N. The molecule has 11 heteroatoms. The number of piperazine rings is 1. The zero-order chi connectivity index (χ0) is 30.8. The summed E-state index contributed by atoms with van der Waals surface area (Å²) in [6.07, 6.45) is 4.48. The van der Waals surface area contributed by atoms with Gasteiger partial charge in [-0.2, -0.15) is 15.2 Å². The average Bonchev–Trinajstić information content (AvgIpc) is 3.84. The van der Waals surface area contributed by atoms with Crippen LogP contribution in [0.25, 0.3) is 10.8 Å². The van der Waals surface area contributed by atoms with Gasteiger partial charge in [0.1, 0.15) is 12.4 Å². The van der Waals surface area contributed by atoms with Crippen molar-refractivity contribution in [1.82, 2.24) is 19.8 Å². The molecule has 1 atom stereocenters. The number of benzene rings is 2. The quantitative estimate of drug-likeness (QED) is 0.338. The van der Waals surface area contributed by atoms with Crippen molar-refractivity contribution in [3.8, 4) is 12.1 Å². The molecule has 44 heavy (non-hydrogen) atoms. The Morgan fingerprint density at radius 3 is 2.45 bits per heavy atom. The van der Waals surface area contributed by atoms with Crippen LogP contribution >= 0.6 is 11.6 Å². The molecule has 1 aliphatic carbocycles. The second kappa shape index (κ2) is 13.0. The summed E-state index contributed by atoms with van der Waals surface area (Å²) in [4.78, 5) is 30.6. The predicted molar refractivity (Wildman–Crippen MR) is 170 cm³/mol. The minimum atomic E-state index is -0.918. The summed E-state index contributed by atoms with van der Waals surface area (Å²) >= 11 is 6.68. The second-order valence-corrected chi connectivity index (χ2v) is 12.1. The van der Waals surface area contributed by atoms with Gasteiger partial charge < -0.3 is 19.4 Å². The van der Waals surface area contributed by atoms with E-state index in [-0.39, 0.29) is 0 Å². The van der Waals surface area contributed by atoms with Gasteiger partial charge in [0.15, 0.2) is 5.83 Å². The lowest BCUT2D eigenvalue weighted by Gasteiger charge is -2.41. The van der Waals surface area contributed by atoms with Crippen molar-refractivity contribution in [3.63, 3.8) is 0 Å². The summed E-state index contributed by atoms with van der Waals surface area (Å²) in [7, 11) is 0. The van der Waals surface area contributed by atoms with Crippen LogP contribution in [0, 0.1) is 11.3 Å². The highest BCUT2D eigenvalue weighted by atomic mass is 35.5. The largest absolute Gasteiger partial charge is 0.462 e. The monoisotopic (exact) mass is 617 g/mol. The molecular weight excluding hydrogens is 581 g/mol. The van der Waals surface area contributed by atoms with E-state index in [0.29, 0.717) is 51.4 Å². The first kappa shape index (κ1) is 30.1. The maximum absolute atomic E-state index is 13.5. The van der Waals surface area contributed by atoms with Crippen LogP contribution in [0.15, 0.2) is 48.8 Å². The Labute approximate surface area is 262 Å². The fraction of sp³-hybridized carbons (Fsp3) is 0.455. The van der Waals surface area contributed by atoms with E-state index < -0.39 is 11.7 Å². The van der Waals surface area contributed by atoms with Crippen LogP contribution in [0.5, 0.6) is 6.01 Å². The number of hydrogen-bond donors (Lipinski definition) is 0. The molecule has 7 rings (SSSR count). The van der Waals surface area contributed by atoms with Crippen LogP contribution < -0.4 is 14.5 Å². The zero-order valence-electron chi connectivity index (χ0n) is 25.0. The molecule has 0 N–H and O–H groups in total. The van der Waals surface area contributed by atoms with Gasteiger partial charge in [0.05, 0.1) is 23.3 Å². The van der Waals surface area contributed by atoms with Gasteiger partial charge >= 0.3 is 6.01 Å². The first-order chi connectivity index (χ1) is 21.4. The Morgan fingerprint density at radius 1 is 1.07 bits per heavy atom. The molecule has 1 amide bonds. The Balaban J connectivity index is 0.00000110. The minimum absolute atomic E-state index is 0.398. The molecule has 2 aromatic carbocycles. The third-order valence-electron chi connectivity index (χ3n) is 8.90. The van der Waals surface area contributed by atoms with Gasteiger partial charge in [-0.05, 0) is 43.2 Å². The third kappa shape index (κ3) is 6.17. The van der Waals surface area contributed by atoms with Gasteiger partial charge in [0.25, 0.3) is 5.91 Å². The number of fused-ring (bicyclic) bond motifs is 2. The number of likely N-dealkylation sites (tertiary alicyclic amines) is 1. The molecule has 230 valence electrons. The van der Waals surface area contributed by atoms with Crippen LogP contribution in [0.1, 0.15) is 37.4 Å². The van der Waals surface area contributed by atoms with Gasteiger partial charge in [-0.1, -0.05) is 42.4 Å². The first-order valence-corrected chi connectivity index (χ1v) is 15.7. The lowest BCUT2D eigenvalue weighted by atomic mass is 10.0. The molecule has 1 unspecified atom stereocenters. The highest BCUT2D eigenvalue weighted by Gasteiger charge is 2.40. The summed E-state index contributed by atoms with van der Waals surface area (Å²) in [5.41, 5.74) is 3.15. The van der Waals surface area contributed by atoms with E-state index in [1.807, 2.05) is 12.1 Å². The Hall–Kier alpha value is -3.94. The van der Waals surface area contributed by atoms with Crippen LogP contribution in [0.2, 0.25) is 5.02 Å². The number of nitrogens with zero attached hydrogens (tertiary/aromatic N) is 7. The molecule has 3 fully saturated rings. The van der Waals surface area contributed by atoms with Gasteiger partial charge in [-0.15, -0.1) is 0 Å². The standard InChI is InChI=1S/C31H34ClFN6O2.C2H3N/c1-20(33)30(40)37-16-14-36(15-17-37)29-24-11-12-38(27-7-3-5-21-4-2-6-25(32)28(21)27)18-26(24)34-31(35-29)41-19-23-10-13-39(23)22-8-9-22;1-2-3/h2-7,22-23H,1,8-19H2;1H3. The van der Waals surface area contributed by atoms with Crippen molar-refractivity contribution in [3.05, 3.63) is 65.1 Å². The summed E-state index contributed by atoms with van der Waals surface area (Å²) < 4.78 is 19.8. The number of rotatable bonds is 7. The number of halogens is 2. The molecule has 0 radical (unpaired) electrons. The molecule has 3 aliphatic heterocycles. The molecule has 0 bridgehead atoms. The lowest BCUT2D eigenvalue weighted by molar-refractivity contribution is -0.128. The van der Waals surface area contributed by atoms with Crippen molar-refractivity contribution in [2.24, 2.45) is 0 Å². The van der Waals surface area contributed by atoms with Gasteiger partial charge in [0, 0.05) is 74.9 Å². The Morgan fingerprint density at radius 2 is 1.80 bits per heavy atom. The number of nitriles is 1. The topological polar surface area (TPSA) is 88.8 Å². The number of ether oxygens (including phenoxy) is 1. The van der Waals surface area contributed by atoms with Crippen molar-refractivity contribution < 1.29 is 13.9 Å². The van der Waals surface area contributed by atoms with E-state index in [9.17, 15) is 9.18 Å². The number of amides is 1. The maximum Gasteiger partial charge on any atom is 0.318 e. The highest BCUT2D eigenvalue weighted by Crippen LogP contribution is 2.38. The molecule has 2 saturated heterocycles. The Bertz CT molecular complexity index is 1590. The van der Waals surface area contributed by atoms with Crippen LogP contribution in [-0.2, 0) is 17.8 Å². The maximum atomic E-state index is 13.5. The molecule has 1 saturated carbocycles. The smallest absolute Gasteiger partial charge is 0.318 e. The van der Waals surface area contributed by atoms with Crippen LogP contribution in [0.3, 0.4) is 0 Å². The predicted octanol–water partition coefficient (Wildman–Crippen LogP) is 5.12. The minimum Gasteiger partial charge on any atom is -0.462 e. The molecule has 3 aromatic rings. The first-order valence-electron chi connectivity index (χ1n) is 15.3. The van der Waals surface area contributed by atoms with Crippen molar-refractivity contribution in [2.45, 2.75) is 51.2 Å². The van der Waals surface area contributed by atoms with Crippen LogP contribution in [-0.4, -0.2) is 83.6 Å². The lowest BCUT2D eigenvalue weighted by Crippen LogP contribution is -2.52. The second-order valence-electron chi connectivity index (χ2n) is 11.7. The third-order valence-corrected chi connectivity index (χ3v) is 9.22. The molecule has 9 nitrogen and oxygen atoms in total. The molecular formula is C33H37ClFN7O2. The van der Waals surface area contributed by atoms with Crippen LogP contribution in [0.4, 0.5) is 15.9 Å². The Kier molecular flexibility index (Phi) is 8.87. The number of hydrogen-bond acceptors (Lipinski definition) is 8. The summed E-state index contributed by atoms with van der Waals surface area (Å²) in [5.74, 6) is -0.693. The van der Waals surface area contributed by atoms with E-state index in [4.69, 9.17) is 31.6 Å². The van der Waals surface area contributed by atoms with E-state index >= 15 is 0 Å². The summed E-state index contributed by atoms with van der Waals surface area (Å²) in [6.45, 7) is 9.69. The number of carbonyl (C=O) groups is 1. The van der Waals surface area contributed by atoms with Gasteiger partial charge in [0.2, 0.25) is 0 Å². The average molecular weight is 618 g/mol. The highest BCUT2D eigenvalue weighted by molar-refractivity contribution is 6.36. The number of anilines is 2. The zero-order valence-corrected chi connectivity index (χ0v) is 25.8. The summed E-state index contributed by atoms with van der Waals surface area (Å²) in [5, 5.41) is 10.2. The molecule has 1 aromatic heterocycles. The van der Waals surface area contributed by atoms with Crippen molar-refractivity contribution in [2.75, 3.05) is 55.7 Å². The summed E-state index contributed by atoms with van der Waals surface area (Å²) in [6, 6.07) is 15.6. The van der Waals surface area contributed by atoms with Crippen molar-refractivity contribution in [1.29, 1.82) is 5.26 Å². The molecule has 4 aliphatic rings. The van der Waals surface area contributed by atoms with E-state index in [1.54, 1.807) is 6.07 Å². The van der Waals surface area contributed by atoms with E-state index in [1.165, 1.54) is 24.7 Å². The molecule has 0 spiro atoms. The van der Waals surface area contributed by atoms with Crippen molar-refractivity contribution >= 4 is 39.8 Å². The normalized spacial score (nSPS) is 19.8. The number of carbonyl (C=O) groups excluding carboxylic acids is 1.